The molecule has 0 radical (unpaired) electrons. The van der Waals surface area contributed by atoms with E-state index in [1.807, 2.05) is 33.8 Å². The summed E-state index contributed by atoms with van der Waals surface area (Å²) in [6, 6.07) is 5.38. The highest BCUT2D eigenvalue weighted by molar-refractivity contribution is 5.98. The average Bonchev–Trinajstić information content (AvgIpc) is 2.44. The maximum atomic E-state index is 12.3. The van der Waals surface area contributed by atoms with Crippen LogP contribution in [0.5, 0.6) is 0 Å². The van der Waals surface area contributed by atoms with E-state index in [0.717, 1.165) is 12.0 Å². The Bertz CT molecular complexity index is 576. The lowest BCUT2D eigenvalue weighted by Crippen LogP contribution is -2.36. The van der Waals surface area contributed by atoms with Crippen LogP contribution in [0.3, 0.4) is 0 Å². The highest BCUT2D eigenvalue weighted by Gasteiger charge is 2.24. The van der Waals surface area contributed by atoms with Crippen molar-refractivity contribution in [2.45, 2.75) is 52.2 Å². The first-order chi connectivity index (χ1) is 10.3. The number of ether oxygens (including phenoxy) is 1. The molecule has 1 aliphatic heterocycles. The van der Waals surface area contributed by atoms with Gasteiger partial charge in [-0.25, -0.2) is 0 Å². The Labute approximate surface area is 131 Å². The molecule has 1 atom stereocenters. The standard InChI is InChI=1S/C17H24N2O3/c1-5-14(22-17(2,3)4)16(21)19-12-6-7-13-11(10-12)8-9-18-15(13)20/h6-7,10,14H,5,8-9H2,1-4H3,(H,18,20)(H,19,21). The Hall–Kier alpha value is -1.88. The van der Waals surface area contributed by atoms with Gasteiger partial charge in [-0.15, -0.1) is 0 Å². The number of rotatable bonds is 4. The van der Waals surface area contributed by atoms with Gasteiger partial charge < -0.3 is 15.4 Å². The van der Waals surface area contributed by atoms with Crippen LogP contribution in [-0.4, -0.2) is 30.1 Å². The van der Waals surface area contributed by atoms with E-state index in [4.69, 9.17) is 4.74 Å². The van der Waals surface area contributed by atoms with Gasteiger partial charge in [0.2, 0.25) is 0 Å². The van der Waals surface area contributed by atoms with Crippen molar-refractivity contribution in [3.63, 3.8) is 0 Å². The predicted molar refractivity (Wildman–Crippen MR) is 86.0 cm³/mol. The molecule has 1 aliphatic rings. The van der Waals surface area contributed by atoms with Gasteiger partial charge in [0, 0.05) is 17.8 Å². The molecule has 2 amide bonds. The predicted octanol–water partition coefficient (Wildman–Crippen LogP) is 2.50. The number of carbonyl (C=O) groups is 2. The average molecular weight is 304 g/mol. The number of anilines is 1. The van der Waals surface area contributed by atoms with Crippen LogP contribution in [-0.2, 0) is 16.0 Å². The highest BCUT2D eigenvalue weighted by Crippen LogP contribution is 2.20. The lowest BCUT2D eigenvalue weighted by Gasteiger charge is -2.26. The topological polar surface area (TPSA) is 67.4 Å². The van der Waals surface area contributed by atoms with E-state index in [1.165, 1.54) is 0 Å². The monoisotopic (exact) mass is 304 g/mol. The quantitative estimate of drug-likeness (QED) is 0.898. The minimum absolute atomic E-state index is 0.0540. The summed E-state index contributed by atoms with van der Waals surface area (Å²) < 4.78 is 5.77. The Morgan fingerprint density at radius 2 is 2.14 bits per heavy atom. The summed E-state index contributed by atoms with van der Waals surface area (Å²) in [5.74, 6) is -0.209. The fraction of sp³-hybridized carbons (Fsp3) is 0.529. The summed E-state index contributed by atoms with van der Waals surface area (Å²) >= 11 is 0. The van der Waals surface area contributed by atoms with E-state index >= 15 is 0 Å². The molecule has 5 nitrogen and oxygen atoms in total. The zero-order valence-electron chi connectivity index (χ0n) is 13.7. The third-order valence-corrected chi connectivity index (χ3v) is 3.46. The second kappa shape index (κ2) is 6.48. The lowest BCUT2D eigenvalue weighted by molar-refractivity contribution is -0.137. The minimum Gasteiger partial charge on any atom is -0.363 e. The van der Waals surface area contributed by atoms with Crippen molar-refractivity contribution in [1.82, 2.24) is 5.32 Å². The molecule has 0 saturated carbocycles. The van der Waals surface area contributed by atoms with Crippen molar-refractivity contribution in [3.05, 3.63) is 29.3 Å². The molecular formula is C17H24N2O3. The van der Waals surface area contributed by atoms with Crippen LogP contribution in [0.4, 0.5) is 5.69 Å². The molecule has 0 spiro atoms. The van der Waals surface area contributed by atoms with Crippen LogP contribution < -0.4 is 10.6 Å². The van der Waals surface area contributed by atoms with E-state index in [9.17, 15) is 9.59 Å². The lowest BCUT2D eigenvalue weighted by atomic mass is 9.99. The SMILES string of the molecule is CCC(OC(C)(C)C)C(=O)Nc1ccc2c(c1)CCNC2=O. The van der Waals surface area contributed by atoms with Gasteiger partial charge in [0.25, 0.3) is 11.8 Å². The van der Waals surface area contributed by atoms with Crippen LogP contribution in [0, 0.1) is 0 Å². The van der Waals surface area contributed by atoms with Crippen LogP contribution in [0.15, 0.2) is 18.2 Å². The van der Waals surface area contributed by atoms with E-state index < -0.39 is 6.10 Å². The summed E-state index contributed by atoms with van der Waals surface area (Å²) in [6.45, 7) is 8.35. The molecule has 22 heavy (non-hydrogen) atoms. The molecule has 2 rings (SSSR count). The molecule has 5 heteroatoms. The minimum atomic E-state index is -0.487. The molecule has 0 fully saturated rings. The summed E-state index contributed by atoms with van der Waals surface area (Å²) in [7, 11) is 0. The van der Waals surface area contributed by atoms with Crippen molar-refractivity contribution in [3.8, 4) is 0 Å². The molecule has 120 valence electrons. The van der Waals surface area contributed by atoms with E-state index in [-0.39, 0.29) is 17.4 Å². The van der Waals surface area contributed by atoms with Gasteiger partial charge in [-0.05, 0) is 57.4 Å². The molecule has 0 saturated heterocycles. The number of amides is 2. The van der Waals surface area contributed by atoms with Gasteiger partial charge in [0.15, 0.2) is 0 Å². The fourth-order valence-electron chi connectivity index (χ4n) is 2.48. The molecule has 0 aromatic heterocycles. The number of fused-ring (bicyclic) bond motifs is 1. The summed E-state index contributed by atoms with van der Waals surface area (Å²) in [6.07, 6.45) is 0.899. The van der Waals surface area contributed by atoms with Crippen molar-refractivity contribution in [1.29, 1.82) is 0 Å². The van der Waals surface area contributed by atoms with E-state index in [0.29, 0.717) is 24.2 Å². The Morgan fingerprint density at radius 3 is 2.77 bits per heavy atom. The molecule has 2 N–H and O–H groups in total. The molecule has 1 aromatic rings. The molecule has 0 bridgehead atoms. The largest absolute Gasteiger partial charge is 0.363 e. The van der Waals surface area contributed by atoms with Crippen LogP contribution >= 0.6 is 0 Å². The third kappa shape index (κ3) is 4.07. The number of carbonyl (C=O) groups excluding carboxylic acids is 2. The van der Waals surface area contributed by atoms with Gasteiger partial charge in [-0.3, -0.25) is 9.59 Å². The Kier molecular flexibility index (Phi) is 4.86. The molecule has 1 aromatic carbocycles. The Balaban J connectivity index is 2.10. The van der Waals surface area contributed by atoms with E-state index in [1.54, 1.807) is 12.1 Å². The van der Waals surface area contributed by atoms with Crippen molar-refractivity contribution in [2.75, 3.05) is 11.9 Å². The van der Waals surface area contributed by atoms with Gasteiger partial charge in [-0.1, -0.05) is 6.92 Å². The summed E-state index contributed by atoms with van der Waals surface area (Å²) in [5.41, 5.74) is 1.98. The van der Waals surface area contributed by atoms with Crippen LogP contribution in [0.2, 0.25) is 0 Å². The maximum absolute atomic E-state index is 12.3. The second-order valence-electron chi connectivity index (χ2n) is 6.49. The first kappa shape index (κ1) is 16.5. The number of benzene rings is 1. The Morgan fingerprint density at radius 1 is 1.41 bits per heavy atom. The molecule has 0 aliphatic carbocycles. The summed E-state index contributed by atoms with van der Waals surface area (Å²) in [5, 5.41) is 5.69. The summed E-state index contributed by atoms with van der Waals surface area (Å²) in [4.78, 5) is 24.1. The molecule has 1 heterocycles. The zero-order valence-corrected chi connectivity index (χ0v) is 13.7. The van der Waals surface area contributed by atoms with Crippen molar-refractivity contribution in [2.24, 2.45) is 0 Å². The molecule has 1 unspecified atom stereocenters. The van der Waals surface area contributed by atoms with Crippen molar-refractivity contribution >= 4 is 17.5 Å². The number of nitrogens with one attached hydrogen (secondary N) is 2. The first-order valence-corrected chi connectivity index (χ1v) is 7.70. The number of hydrogen-bond donors (Lipinski definition) is 2. The van der Waals surface area contributed by atoms with Crippen LogP contribution in [0.1, 0.15) is 50.0 Å². The molecular weight excluding hydrogens is 280 g/mol. The highest BCUT2D eigenvalue weighted by atomic mass is 16.5. The maximum Gasteiger partial charge on any atom is 0.253 e. The number of hydrogen-bond acceptors (Lipinski definition) is 3. The first-order valence-electron chi connectivity index (χ1n) is 7.70. The fourth-order valence-corrected chi connectivity index (χ4v) is 2.48. The van der Waals surface area contributed by atoms with Crippen molar-refractivity contribution < 1.29 is 14.3 Å². The van der Waals surface area contributed by atoms with Gasteiger partial charge in [-0.2, -0.15) is 0 Å². The van der Waals surface area contributed by atoms with Gasteiger partial charge in [0.1, 0.15) is 6.10 Å². The normalized spacial score (nSPS) is 15.7. The van der Waals surface area contributed by atoms with Gasteiger partial charge >= 0.3 is 0 Å². The third-order valence-electron chi connectivity index (χ3n) is 3.46. The van der Waals surface area contributed by atoms with Gasteiger partial charge in [0.05, 0.1) is 5.60 Å². The second-order valence-corrected chi connectivity index (χ2v) is 6.49. The smallest absolute Gasteiger partial charge is 0.253 e. The van der Waals surface area contributed by atoms with Crippen LogP contribution in [0.25, 0.3) is 0 Å². The van der Waals surface area contributed by atoms with E-state index in [2.05, 4.69) is 10.6 Å². The zero-order chi connectivity index (χ0) is 16.3.